The standard InChI is InChI=1S/C15H13F2NO2/c1-20-13-8-3-2-5-10(13)9-18-15(19)11-6-4-7-12(16)14(11)17/h2-8H,9H2,1H3,(H,18,19). The van der Waals surface area contributed by atoms with Crippen molar-refractivity contribution in [2.24, 2.45) is 0 Å². The summed E-state index contributed by atoms with van der Waals surface area (Å²) >= 11 is 0. The van der Waals surface area contributed by atoms with Crippen molar-refractivity contribution in [1.29, 1.82) is 0 Å². The van der Waals surface area contributed by atoms with Crippen molar-refractivity contribution < 1.29 is 18.3 Å². The van der Waals surface area contributed by atoms with Crippen molar-refractivity contribution in [2.75, 3.05) is 7.11 Å². The van der Waals surface area contributed by atoms with Crippen molar-refractivity contribution in [2.45, 2.75) is 6.54 Å². The average molecular weight is 277 g/mol. The van der Waals surface area contributed by atoms with Crippen LogP contribution >= 0.6 is 0 Å². The summed E-state index contributed by atoms with van der Waals surface area (Å²) in [6, 6.07) is 10.6. The van der Waals surface area contributed by atoms with Crippen LogP contribution in [0.5, 0.6) is 5.75 Å². The molecule has 0 atom stereocenters. The third-order valence-corrected chi connectivity index (χ3v) is 2.83. The second-order valence-corrected chi connectivity index (χ2v) is 4.10. The Balaban J connectivity index is 2.11. The molecule has 0 aliphatic carbocycles. The SMILES string of the molecule is COc1ccccc1CNC(=O)c1cccc(F)c1F. The molecule has 0 aliphatic rings. The molecule has 104 valence electrons. The fourth-order valence-electron chi connectivity index (χ4n) is 1.80. The number of benzene rings is 2. The Kier molecular flexibility index (Phi) is 4.30. The van der Waals surface area contributed by atoms with Crippen LogP contribution in [0.4, 0.5) is 8.78 Å². The number of carbonyl (C=O) groups is 1. The van der Waals surface area contributed by atoms with Gasteiger partial charge in [-0.1, -0.05) is 24.3 Å². The van der Waals surface area contributed by atoms with Crippen LogP contribution in [0.25, 0.3) is 0 Å². The van der Waals surface area contributed by atoms with Gasteiger partial charge in [-0.25, -0.2) is 8.78 Å². The quantitative estimate of drug-likeness (QED) is 0.933. The lowest BCUT2D eigenvalue weighted by molar-refractivity contribution is 0.0945. The number of carbonyl (C=O) groups excluding carboxylic acids is 1. The van der Waals surface area contributed by atoms with Crippen LogP contribution in [0, 0.1) is 11.6 Å². The number of halogens is 2. The van der Waals surface area contributed by atoms with Gasteiger partial charge in [-0.3, -0.25) is 4.79 Å². The zero-order valence-corrected chi connectivity index (χ0v) is 10.8. The van der Waals surface area contributed by atoms with Crippen LogP contribution < -0.4 is 10.1 Å². The molecule has 0 fully saturated rings. The molecule has 0 heterocycles. The summed E-state index contributed by atoms with van der Waals surface area (Å²) in [5.74, 6) is -2.25. The summed E-state index contributed by atoms with van der Waals surface area (Å²) in [6.45, 7) is 0.165. The van der Waals surface area contributed by atoms with Gasteiger partial charge in [0.25, 0.3) is 5.91 Å². The Bertz CT molecular complexity index is 629. The minimum atomic E-state index is -1.15. The number of para-hydroxylation sites is 1. The van der Waals surface area contributed by atoms with E-state index in [0.717, 1.165) is 11.6 Å². The van der Waals surface area contributed by atoms with Crippen LogP contribution in [0.15, 0.2) is 42.5 Å². The number of hydrogen-bond acceptors (Lipinski definition) is 2. The van der Waals surface area contributed by atoms with E-state index in [-0.39, 0.29) is 12.1 Å². The maximum Gasteiger partial charge on any atom is 0.254 e. The monoisotopic (exact) mass is 277 g/mol. The fourth-order valence-corrected chi connectivity index (χ4v) is 1.80. The third-order valence-electron chi connectivity index (χ3n) is 2.83. The van der Waals surface area contributed by atoms with Crippen LogP contribution in [0.3, 0.4) is 0 Å². The molecular formula is C15H13F2NO2. The predicted molar refractivity (Wildman–Crippen MR) is 70.5 cm³/mol. The molecule has 3 nitrogen and oxygen atoms in total. The van der Waals surface area contributed by atoms with Crippen molar-refractivity contribution in [3.05, 3.63) is 65.2 Å². The second kappa shape index (κ2) is 6.14. The first-order chi connectivity index (χ1) is 9.63. The van der Waals surface area contributed by atoms with E-state index in [2.05, 4.69) is 5.32 Å². The van der Waals surface area contributed by atoms with E-state index >= 15 is 0 Å². The van der Waals surface area contributed by atoms with Gasteiger partial charge in [0.1, 0.15) is 5.75 Å². The molecule has 0 radical (unpaired) electrons. The lowest BCUT2D eigenvalue weighted by atomic mass is 10.1. The number of methoxy groups -OCH3 is 1. The molecular weight excluding hydrogens is 264 g/mol. The summed E-state index contributed by atoms with van der Waals surface area (Å²) in [5.41, 5.74) is 0.431. The number of hydrogen-bond donors (Lipinski definition) is 1. The molecule has 0 aliphatic heterocycles. The summed E-state index contributed by atoms with van der Waals surface area (Å²) in [7, 11) is 1.52. The second-order valence-electron chi connectivity index (χ2n) is 4.10. The lowest BCUT2D eigenvalue weighted by Gasteiger charge is -2.10. The fraction of sp³-hybridized carbons (Fsp3) is 0.133. The third kappa shape index (κ3) is 2.93. The highest BCUT2D eigenvalue weighted by Gasteiger charge is 2.15. The van der Waals surface area contributed by atoms with E-state index in [4.69, 9.17) is 4.74 Å². The summed E-state index contributed by atoms with van der Waals surface area (Å²) in [6.07, 6.45) is 0. The molecule has 0 saturated heterocycles. The largest absolute Gasteiger partial charge is 0.496 e. The van der Waals surface area contributed by atoms with Crippen LogP contribution in [0.2, 0.25) is 0 Å². The van der Waals surface area contributed by atoms with E-state index in [1.165, 1.54) is 19.2 Å². The zero-order valence-electron chi connectivity index (χ0n) is 10.8. The summed E-state index contributed by atoms with van der Waals surface area (Å²) in [5, 5.41) is 2.53. The predicted octanol–water partition coefficient (Wildman–Crippen LogP) is 2.90. The normalized spacial score (nSPS) is 10.2. The number of amides is 1. The first-order valence-corrected chi connectivity index (χ1v) is 5.97. The van der Waals surface area contributed by atoms with E-state index in [9.17, 15) is 13.6 Å². The van der Waals surface area contributed by atoms with E-state index < -0.39 is 17.5 Å². The maximum atomic E-state index is 13.5. The number of ether oxygens (including phenoxy) is 1. The van der Waals surface area contributed by atoms with Gasteiger partial charge in [0.15, 0.2) is 11.6 Å². The van der Waals surface area contributed by atoms with Crippen molar-refractivity contribution in [3.8, 4) is 5.75 Å². The molecule has 2 aromatic rings. The minimum Gasteiger partial charge on any atom is -0.496 e. The Morgan fingerprint density at radius 3 is 2.65 bits per heavy atom. The van der Waals surface area contributed by atoms with Crippen LogP contribution in [-0.4, -0.2) is 13.0 Å². The molecule has 0 unspecified atom stereocenters. The molecule has 20 heavy (non-hydrogen) atoms. The van der Waals surface area contributed by atoms with Gasteiger partial charge < -0.3 is 10.1 Å². The Hall–Kier alpha value is -2.43. The van der Waals surface area contributed by atoms with Crippen LogP contribution in [0.1, 0.15) is 15.9 Å². The number of rotatable bonds is 4. The van der Waals surface area contributed by atoms with E-state index in [1.807, 2.05) is 0 Å². The molecule has 2 rings (SSSR count). The first kappa shape index (κ1) is 14.0. The van der Waals surface area contributed by atoms with Crippen molar-refractivity contribution in [1.82, 2.24) is 5.32 Å². The highest BCUT2D eigenvalue weighted by molar-refractivity contribution is 5.94. The molecule has 0 aromatic heterocycles. The molecule has 0 bridgehead atoms. The molecule has 5 heteroatoms. The molecule has 1 amide bonds. The van der Waals surface area contributed by atoms with Gasteiger partial charge in [-0.05, 0) is 18.2 Å². The highest BCUT2D eigenvalue weighted by atomic mass is 19.2. The molecule has 2 aromatic carbocycles. The van der Waals surface area contributed by atoms with E-state index in [1.54, 1.807) is 24.3 Å². The Morgan fingerprint density at radius 2 is 1.90 bits per heavy atom. The highest BCUT2D eigenvalue weighted by Crippen LogP contribution is 2.17. The summed E-state index contributed by atoms with van der Waals surface area (Å²) in [4.78, 5) is 11.8. The molecule has 0 saturated carbocycles. The van der Waals surface area contributed by atoms with Gasteiger partial charge >= 0.3 is 0 Å². The first-order valence-electron chi connectivity index (χ1n) is 5.97. The average Bonchev–Trinajstić information content (AvgIpc) is 2.48. The lowest BCUT2D eigenvalue weighted by Crippen LogP contribution is -2.24. The number of nitrogens with one attached hydrogen (secondary N) is 1. The van der Waals surface area contributed by atoms with Gasteiger partial charge in [0.2, 0.25) is 0 Å². The van der Waals surface area contributed by atoms with E-state index in [0.29, 0.717) is 5.75 Å². The smallest absolute Gasteiger partial charge is 0.254 e. The molecule has 1 N–H and O–H groups in total. The Morgan fingerprint density at radius 1 is 1.15 bits per heavy atom. The van der Waals surface area contributed by atoms with Gasteiger partial charge in [0.05, 0.1) is 12.7 Å². The van der Waals surface area contributed by atoms with Crippen molar-refractivity contribution in [3.63, 3.8) is 0 Å². The van der Waals surface area contributed by atoms with Crippen LogP contribution in [-0.2, 0) is 6.54 Å². The minimum absolute atomic E-state index is 0.165. The zero-order chi connectivity index (χ0) is 14.5. The maximum absolute atomic E-state index is 13.5. The topological polar surface area (TPSA) is 38.3 Å². The Labute approximate surface area is 115 Å². The van der Waals surface area contributed by atoms with Gasteiger partial charge in [0, 0.05) is 12.1 Å². The van der Waals surface area contributed by atoms with Gasteiger partial charge in [-0.15, -0.1) is 0 Å². The molecule has 0 spiro atoms. The summed E-state index contributed by atoms with van der Waals surface area (Å²) < 4.78 is 31.7. The van der Waals surface area contributed by atoms with Crippen molar-refractivity contribution >= 4 is 5.91 Å². The van der Waals surface area contributed by atoms with Gasteiger partial charge in [-0.2, -0.15) is 0 Å².